The van der Waals surface area contributed by atoms with E-state index in [4.69, 9.17) is 39.5 Å². The van der Waals surface area contributed by atoms with Gasteiger partial charge in [-0.3, -0.25) is 14.4 Å². The highest BCUT2D eigenvalue weighted by atomic mass is 35.6. The van der Waals surface area contributed by atoms with Gasteiger partial charge in [-0.05, 0) is 18.4 Å². The van der Waals surface area contributed by atoms with E-state index in [1.165, 1.54) is 46.6 Å². The van der Waals surface area contributed by atoms with Crippen LogP contribution in [0.25, 0.3) is 0 Å². The highest BCUT2D eigenvalue weighted by Crippen LogP contribution is 2.44. The van der Waals surface area contributed by atoms with E-state index in [9.17, 15) is 24.3 Å². The van der Waals surface area contributed by atoms with Crippen LogP contribution in [0.4, 0.5) is 0 Å². The van der Waals surface area contributed by atoms with Gasteiger partial charge in [-0.25, -0.2) is 4.79 Å². The Balaban J connectivity index is 1.69. The number of carbonyl (C=O) groups is 4. The highest BCUT2D eigenvalue weighted by molar-refractivity contribution is 8.00. The number of esters is 1. The van der Waals surface area contributed by atoms with Crippen molar-refractivity contribution in [3.8, 4) is 0 Å². The number of amides is 2. The Labute approximate surface area is 207 Å². The fourth-order valence-electron chi connectivity index (χ4n) is 3.56. The predicted octanol–water partition coefficient (Wildman–Crippen LogP) is 2.66. The first-order valence-electron chi connectivity index (χ1n) is 9.27. The summed E-state index contributed by atoms with van der Waals surface area (Å²) in [5.41, 5.74) is -1.16. The Morgan fingerprint density at radius 2 is 1.97 bits per heavy atom. The third-order valence-corrected chi connectivity index (χ3v) is 7.81. The van der Waals surface area contributed by atoms with E-state index in [1.807, 2.05) is 6.26 Å². The summed E-state index contributed by atoms with van der Waals surface area (Å²) in [5, 5.41) is 11.5. The summed E-state index contributed by atoms with van der Waals surface area (Å²) in [6.07, 6.45) is 1.83. The van der Waals surface area contributed by atoms with Crippen LogP contribution in [-0.2, 0) is 14.3 Å². The zero-order chi connectivity index (χ0) is 23.7. The van der Waals surface area contributed by atoms with Gasteiger partial charge in [0.1, 0.15) is 23.4 Å². The van der Waals surface area contributed by atoms with E-state index in [2.05, 4.69) is 5.32 Å². The van der Waals surface area contributed by atoms with E-state index >= 15 is 0 Å². The summed E-state index contributed by atoms with van der Waals surface area (Å²) in [6, 6.07) is 4.95. The molecule has 0 saturated carbocycles. The van der Waals surface area contributed by atoms with Crippen LogP contribution in [0.3, 0.4) is 0 Å². The Bertz CT molecular complexity index is 944. The van der Waals surface area contributed by atoms with Crippen molar-refractivity contribution in [2.45, 2.75) is 15.2 Å². The molecule has 1 aromatic carbocycles. The quantitative estimate of drug-likeness (QED) is 0.308. The van der Waals surface area contributed by atoms with E-state index in [-0.39, 0.29) is 29.0 Å². The molecule has 1 aromatic rings. The normalized spacial score (nSPS) is 24.9. The first kappa shape index (κ1) is 25.3. The molecule has 2 N–H and O–H groups in total. The second-order valence-electron chi connectivity index (χ2n) is 7.37. The van der Waals surface area contributed by atoms with Gasteiger partial charge in [0.15, 0.2) is 0 Å². The lowest BCUT2D eigenvalue weighted by Gasteiger charge is -2.54. The topological polar surface area (TPSA) is 113 Å². The SMILES string of the molecule is CSCC1(C(=O)OCC(Cl)(Cl)Cl)CS[C@@H]2C(NC(=O)c3ccccc3C(=O)O)C(=O)N2C1. The summed E-state index contributed by atoms with van der Waals surface area (Å²) in [7, 11) is 0. The summed E-state index contributed by atoms with van der Waals surface area (Å²) in [6.45, 7) is -0.294. The van der Waals surface area contributed by atoms with Crippen molar-refractivity contribution in [2.75, 3.05) is 30.9 Å². The van der Waals surface area contributed by atoms with Crippen molar-refractivity contribution in [3.63, 3.8) is 0 Å². The maximum absolute atomic E-state index is 12.8. The second-order valence-corrected chi connectivity index (χ2v) is 11.9. The van der Waals surface area contributed by atoms with Gasteiger partial charge in [0, 0.05) is 18.1 Å². The number of rotatable bonds is 7. The molecule has 3 rings (SSSR count). The molecule has 3 atom stereocenters. The van der Waals surface area contributed by atoms with E-state index in [0.29, 0.717) is 11.5 Å². The van der Waals surface area contributed by atoms with Crippen molar-refractivity contribution in [1.82, 2.24) is 10.2 Å². The van der Waals surface area contributed by atoms with Gasteiger partial charge < -0.3 is 20.1 Å². The van der Waals surface area contributed by atoms with Crippen LogP contribution in [0.1, 0.15) is 20.7 Å². The zero-order valence-electron chi connectivity index (χ0n) is 16.7. The average Bonchev–Trinajstić information content (AvgIpc) is 2.75. The predicted molar refractivity (Wildman–Crippen MR) is 125 cm³/mol. The molecule has 0 aliphatic carbocycles. The third-order valence-electron chi connectivity index (χ3n) is 5.05. The van der Waals surface area contributed by atoms with Gasteiger partial charge in [0.25, 0.3) is 5.91 Å². The molecular weight excluding hydrogens is 523 g/mol. The number of β-lactam (4-membered cyclic amide) rings is 1. The maximum Gasteiger partial charge on any atom is 0.336 e. The fourth-order valence-corrected chi connectivity index (χ4v) is 6.25. The van der Waals surface area contributed by atoms with Crippen molar-refractivity contribution >= 4 is 82.1 Å². The van der Waals surface area contributed by atoms with Gasteiger partial charge in [-0.15, -0.1) is 11.8 Å². The van der Waals surface area contributed by atoms with Gasteiger partial charge in [0.05, 0.1) is 11.1 Å². The van der Waals surface area contributed by atoms with Crippen molar-refractivity contribution in [2.24, 2.45) is 5.41 Å². The molecule has 0 aromatic heterocycles. The number of aromatic carboxylic acids is 1. The van der Waals surface area contributed by atoms with Crippen LogP contribution >= 0.6 is 58.3 Å². The fraction of sp³-hybridized carbons (Fsp3) is 0.474. The number of carboxylic acids is 1. The lowest BCUT2D eigenvalue weighted by Crippen LogP contribution is -2.74. The summed E-state index contributed by atoms with van der Waals surface area (Å²) in [5.74, 6) is -2.05. The first-order chi connectivity index (χ1) is 15.0. The van der Waals surface area contributed by atoms with Gasteiger partial charge in [-0.1, -0.05) is 46.9 Å². The number of hydrogen-bond acceptors (Lipinski definition) is 7. The van der Waals surface area contributed by atoms with E-state index in [1.54, 1.807) is 6.07 Å². The molecule has 2 unspecified atom stereocenters. The first-order valence-corrected chi connectivity index (χ1v) is 12.8. The third kappa shape index (κ3) is 5.25. The molecule has 32 heavy (non-hydrogen) atoms. The number of ether oxygens (including phenoxy) is 1. The molecule has 2 saturated heterocycles. The monoisotopic (exact) mass is 540 g/mol. The number of halogens is 3. The largest absolute Gasteiger partial charge is 0.478 e. The minimum Gasteiger partial charge on any atom is -0.478 e. The average molecular weight is 542 g/mol. The molecule has 8 nitrogen and oxygen atoms in total. The number of alkyl halides is 3. The van der Waals surface area contributed by atoms with Crippen LogP contribution < -0.4 is 5.32 Å². The van der Waals surface area contributed by atoms with E-state index in [0.717, 1.165) is 0 Å². The van der Waals surface area contributed by atoms with Gasteiger partial charge in [0.2, 0.25) is 9.70 Å². The lowest BCUT2D eigenvalue weighted by atomic mass is 9.89. The van der Waals surface area contributed by atoms with Crippen LogP contribution in [0.5, 0.6) is 0 Å². The van der Waals surface area contributed by atoms with Crippen molar-refractivity contribution in [1.29, 1.82) is 0 Å². The molecule has 2 amide bonds. The number of nitrogens with zero attached hydrogens (tertiary/aromatic N) is 1. The molecule has 2 heterocycles. The zero-order valence-corrected chi connectivity index (χ0v) is 20.6. The van der Waals surface area contributed by atoms with Crippen LogP contribution in [0.15, 0.2) is 24.3 Å². The minimum atomic E-state index is -1.74. The summed E-state index contributed by atoms with van der Waals surface area (Å²) in [4.78, 5) is 51.1. The van der Waals surface area contributed by atoms with Crippen LogP contribution in [0.2, 0.25) is 0 Å². The van der Waals surface area contributed by atoms with Crippen molar-refractivity contribution in [3.05, 3.63) is 35.4 Å². The number of thioether (sulfide) groups is 2. The molecule has 0 bridgehead atoms. The maximum atomic E-state index is 12.8. The summed E-state index contributed by atoms with van der Waals surface area (Å²) >= 11 is 19.8. The summed E-state index contributed by atoms with van der Waals surface area (Å²) < 4.78 is 3.46. The number of benzene rings is 1. The molecule has 2 aliphatic heterocycles. The molecule has 0 spiro atoms. The van der Waals surface area contributed by atoms with Crippen LogP contribution in [0, 0.1) is 5.41 Å². The minimum absolute atomic E-state index is 0.0286. The molecule has 13 heteroatoms. The van der Waals surface area contributed by atoms with Crippen molar-refractivity contribution < 1.29 is 29.0 Å². The van der Waals surface area contributed by atoms with Gasteiger partial charge in [-0.2, -0.15) is 11.8 Å². The lowest BCUT2D eigenvalue weighted by molar-refractivity contribution is -0.160. The molecule has 2 aliphatic rings. The second kappa shape index (κ2) is 9.89. The number of hydrogen-bond donors (Lipinski definition) is 2. The molecule has 0 radical (unpaired) electrons. The number of nitrogens with one attached hydrogen (secondary N) is 1. The van der Waals surface area contributed by atoms with Gasteiger partial charge >= 0.3 is 11.9 Å². The Hall–Kier alpha value is -1.33. The molecule has 174 valence electrons. The Morgan fingerprint density at radius 1 is 1.31 bits per heavy atom. The smallest absolute Gasteiger partial charge is 0.336 e. The number of fused-ring (bicyclic) bond motifs is 1. The van der Waals surface area contributed by atoms with Crippen LogP contribution in [-0.4, -0.2) is 79.9 Å². The number of carbonyl (C=O) groups excluding carboxylic acids is 3. The van der Waals surface area contributed by atoms with E-state index < -0.39 is 39.7 Å². The standard InChI is InChI=1S/C19H19Cl3N2O6S2/c1-31-8-18(17(29)30-7-19(20,21)22)6-24-14(26)12(15(24)32-9-18)23-13(25)10-4-2-3-5-11(10)16(27)28/h2-5,12,15H,6-9H2,1H3,(H,23,25)(H,27,28)/t12?,15-,18?/m1/s1. The Morgan fingerprint density at radius 3 is 2.56 bits per heavy atom. The molecular formula is C19H19Cl3N2O6S2. The highest BCUT2D eigenvalue weighted by Gasteiger charge is 2.57. The number of carboxylic acid groups (broad SMARTS) is 1. The Kier molecular flexibility index (Phi) is 7.81. The molecule has 2 fully saturated rings.